The first-order valence-corrected chi connectivity index (χ1v) is 4.44. The molecule has 0 aliphatic carbocycles. The molecule has 0 aliphatic rings. The number of ether oxygens (including phenoxy) is 2. The molecule has 1 rings (SSSR count). The van der Waals surface area contributed by atoms with Crippen molar-refractivity contribution in [2.24, 2.45) is 5.73 Å². The lowest BCUT2D eigenvalue weighted by Crippen LogP contribution is -2.21. The van der Waals surface area contributed by atoms with Gasteiger partial charge in [0.25, 0.3) is 0 Å². The molecule has 16 heavy (non-hydrogen) atoms. The number of carboxylic acid groups (broad SMARTS) is 1. The molecule has 6 nitrogen and oxygen atoms in total. The lowest BCUT2D eigenvalue weighted by Gasteiger charge is -2.15. The number of aliphatic carboxylic acids is 1. The van der Waals surface area contributed by atoms with Gasteiger partial charge in [0.2, 0.25) is 0 Å². The monoisotopic (exact) mass is 227 g/mol. The van der Waals surface area contributed by atoms with Gasteiger partial charge in [-0.1, -0.05) is 0 Å². The lowest BCUT2D eigenvalue weighted by molar-refractivity contribution is -0.138. The summed E-state index contributed by atoms with van der Waals surface area (Å²) in [5.74, 6) is -0.993. The number of hydrogen-bond donors (Lipinski definition) is 3. The minimum absolute atomic E-state index is 0.0239. The fourth-order valence-corrected chi connectivity index (χ4v) is 1.31. The summed E-state index contributed by atoms with van der Waals surface area (Å²) in [6.45, 7) is 0. The van der Waals surface area contributed by atoms with Gasteiger partial charge >= 0.3 is 5.97 Å². The number of phenols is 1. The third kappa shape index (κ3) is 2.17. The molecule has 1 atom stereocenters. The highest BCUT2D eigenvalue weighted by atomic mass is 16.5. The third-order valence-electron chi connectivity index (χ3n) is 2.13. The number of hydrogen-bond acceptors (Lipinski definition) is 5. The van der Waals surface area contributed by atoms with Crippen molar-refractivity contribution in [2.75, 3.05) is 14.2 Å². The van der Waals surface area contributed by atoms with Crippen LogP contribution in [0.3, 0.4) is 0 Å². The number of methoxy groups -OCH3 is 2. The highest BCUT2D eigenvalue weighted by Gasteiger charge is 2.23. The van der Waals surface area contributed by atoms with Crippen molar-refractivity contribution < 1.29 is 24.5 Å². The zero-order chi connectivity index (χ0) is 12.3. The van der Waals surface area contributed by atoms with Crippen LogP contribution >= 0.6 is 0 Å². The Morgan fingerprint density at radius 3 is 2.44 bits per heavy atom. The zero-order valence-electron chi connectivity index (χ0n) is 8.93. The summed E-state index contributed by atoms with van der Waals surface area (Å²) in [6.07, 6.45) is 0. The molecule has 4 N–H and O–H groups in total. The summed E-state index contributed by atoms with van der Waals surface area (Å²) in [7, 11) is 2.78. The van der Waals surface area contributed by atoms with E-state index in [2.05, 4.69) is 0 Å². The average Bonchev–Trinajstić information content (AvgIpc) is 2.26. The van der Waals surface area contributed by atoms with Gasteiger partial charge < -0.3 is 25.4 Å². The number of carbonyl (C=O) groups is 1. The van der Waals surface area contributed by atoms with Crippen LogP contribution < -0.4 is 15.2 Å². The van der Waals surface area contributed by atoms with Crippen LogP contribution in [0.25, 0.3) is 0 Å². The van der Waals surface area contributed by atoms with E-state index in [1.165, 1.54) is 26.4 Å². The van der Waals surface area contributed by atoms with E-state index >= 15 is 0 Å². The Balaban J connectivity index is 3.31. The first kappa shape index (κ1) is 12.1. The van der Waals surface area contributed by atoms with Crippen molar-refractivity contribution in [2.45, 2.75) is 6.04 Å². The van der Waals surface area contributed by atoms with Gasteiger partial charge in [-0.15, -0.1) is 0 Å². The molecule has 0 saturated carbocycles. The van der Waals surface area contributed by atoms with E-state index in [-0.39, 0.29) is 17.1 Å². The van der Waals surface area contributed by atoms with Crippen LogP contribution in [-0.2, 0) is 4.79 Å². The van der Waals surface area contributed by atoms with Crippen molar-refractivity contribution in [3.05, 3.63) is 17.7 Å². The fraction of sp³-hybridized carbons (Fsp3) is 0.300. The zero-order valence-corrected chi connectivity index (χ0v) is 8.93. The van der Waals surface area contributed by atoms with Gasteiger partial charge in [-0.2, -0.15) is 0 Å². The van der Waals surface area contributed by atoms with Crippen molar-refractivity contribution in [3.8, 4) is 17.2 Å². The van der Waals surface area contributed by atoms with E-state index in [0.717, 1.165) is 0 Å². The van der Waals surface area contributed by atoms with Crippen molar-refractivity contribution >= 4 is 5.97 Å². The van der Waals surface area contributed by atoms with E-state index in [1.54, 1.807) is 0 Å². The Morgan fingerprint density at radius 2 is 2.00 bits per heavy atom. The predicted molar refractivity (Wildman–Crippen MR) is 55.8 cm³/mol. The van der Waals surface area contributed by atoms with Crippen molar-refractivity contribution in [1.82, 2.24) is 0 Å². The predicted octanol–water partition coefficient (Wildman–Crippen LogP) is 0.494. The van der Waals surface area contributed by atoms with Gasteiger partial charge in [-0.3, -0.25) is 4.79 Å². The second-order valence-electron chi connectivity index (χ2n) is 3.08. The van der Waals surface area contributed by atoms with E-state index in [4.69, 9.17) is 20.3 Å². The van der Waals surface area contributed by atoms with Crippen LogP contribution in [-0.4, -0.2) is 30.4 Å². The molecule has 0 spiro atoms. The number of aromatic hydroxyl groups is 1. The Morgan fingerprint density at radius 1 is 1.38 bits per heavy atom. The fourth-order valence-electron chi connectivity index (χ4n) is 1.31. The molecule has 1 aromatic carbocycles. The average molecular weight is 227 g/mol. The maximum absolute atomic E-state index is 10.8. The number of benzene rings is 1. The van der Waals surface area contributed by atoms with Crippen LogP contribution in [0, 0.1) is 0 Å². The number of carboxylic acids is 1. The minimum atomic E-state index is -1.35. The molecule has 0 radical (unpaired) electrons. The topological polar surface area (TPSA) is 102 Å². The van der Waals surface area contributed by atoms with Gasteiger partial charge in [0.15, 0.2) is 0 Å². The van der Waals surface area contributed by atoms with Gasteiger partial charge in [-0.25, -0.2) is 0 Å². The molecule has 0 heterocycles. The quantitative estimate of drug-likeness (QED) is 0.692. The highest BCUT2D eigenvalue weighted by Crippen LogP contribution is 2.36. The number of phenolic OH excluding ortho intramolecular Hbond substituents is 1. The molecule has 6 heteroatoms. The third-order valence-corrected chi connectivity index (χ3v) is 2.13. The smallest absolute Gasteiger partial charge is 0.325 e. The first-order valence-electron chi connectivity index (χ1n) is 4.44. The molecule has 0 aromatic heterocycles. The van der Waals surface area contributed by atoms with E-state index < -0.39 is 12.0 Å². The van der Waals surface area contributed by atoms with Gasteiger partial charge in [0, 0.05) is 12.1 Å². The standard InChI is InChI=1S/C10H13NO5/c1-15-5-3-6(12)8(7(4-5)16-2)9(11)10(13)14/h3-4,9,12H,11H2,1-2H3,(H,13,14). The Hall–Kier alpha value is -1.95. The van der Waals surface area contributed by atoms with E-state index in [1.807, 2.05) is 0 Å². The van der Waals surface area contributed by atoms with Gasteiger partial charge in [0.1, 0.15) is 23.3 Å². The molecule has 0 saturated heterocycles. The summed E-state index contributed by atoms with van der Waals surface area (Å²) in [4.78, 5) is 10.8. The Labute approximate surface area is 92.2 Å². The van der Waals surface area contributed by atoms with E-state index in [0.29, 0.717) is 5.75 Å². The molecule has 1 unspecified atom stereocenters. The van der Waals surface area contributed by atoms with Crippen LogP contribution in [0.4, 0.5) is 0 Å². The van der Waals surface area contributed by atoms with Crippen LogP contribution in [0.1, 0.15) is 11.6 Å². The summed E-state index contributed by atoms with van der Waals surface area (Å²) in [6, 6.07) is 1.39. The molecule has 0 aliphatic heterocycles. The van der Waals surface area contributed by atoms with Crippen LogP contribution in [0.15, 0.2) is 12.1 Å². The maximum Gasteiger partial charge on any atom is 0.325 e. The molecule has 0 amide bonds. The normalized spacial score (nSPS) is 11.9. The highest BCUT2D eigenvalue weighted by molar-refractivity contribution is 5.78. The van der Waals surface area contributed by atoms with Gasteiger partial charge in [0.05, 0.1) is 19.8 Å². The molecule has 0 bridgehead atoms. The lowest BCUT2D eigenvalue weighted by atomic mass is 10.0. The van der Waals surface area contributed by atoms with Crippen LogP contribution in [0.2, 0.25) is 0 Å². The van der Waals surface area contributed by atoms with Crippen molar-refractivity contribution in [1.29, 1.82) is 0 Å². The second kappa shape index (κ2) is 4.71. The second-order valence-corrected chi connectivity index (χ2v) is 3.08. The summed E-state index contributed by atoms with van der Waals surface area (Å²) < 4.78 is 9.86. The van der Waals surface area contributed by atoms with Crippen LogP contribution in [0.5, 0.6) is 17.2 Å². The van der Waals surface area contributed by atoms with Crippen molar-refractivity contribution in [3.63, 3.8) is 0 Å². The number of nitrogens with two attached hydrogens (primary N) is 1. The summed E-state index contributed by atoms with van der Waals surface area (Å²) in [5, 5.41) is 18.4. The van der Waals surface area contributed by atoms with Gasteiger partial charge in [-0.05, 0) is 0 Å². The van der Waals surface area contributed by atoms with E-state index in [9.17, 15) is 9.90 Å². The first-order chi connectivity index (χ1) is 7.51. The molecule has 1 aromatic rings. The SMILES string of the molecule is COc1cc(O)c(C(N)C(=O)O)c(OC)c1. The molecule has 0 fully saturated rings. The maximum atomic E-state index is 10.8. The number of rotatable bonds is 4. The summed E-state index contributed by atoms with van der Waals surface area (Å²) >= 11 is 0. The Bertz CT molecular complexity index is 404. The summed E-state index contributed by atoms with van der Waals surface area (Å²) in [5.41, 5.74) is 5.45. The Kier molecular flexibility index (Phi) is 3.57. The molecule has 88 valence electrons. The largest absolute Gasteiger partial charge is 0.507 e. The molecular weight excluding hydrogens is 214 g/mol. The minimum Gasteiger partial charge on any atom is -0.507 e. The molecular formula is C10H13NO5.